The van der Waals surface area contributed by atoms with Crippen molar-refractivity contribution in [2.24, 2.45) is 0 Å². The number of carbonyl (C=O) groups excluding carboxylic acids is 1. The van der Waals surface area contributed by atoms with Gasteiger partial charge in [-0.15, -0.1) is 0 Å². The first kappa shape index (κ1) is 24.2. The fraction of sp³-hybridized carbons (Fsp3) is 0.692. The summed E-state index contributed by atoms with van der Waals surface area (Å²) in [5.41, 5.74) is 4.55. The van der Waals surface area contributed by atoms with Gasteiger partial charge >= 0.3 is 0 Å². The molecule has 33 heavy (non-hydrogen) atoms. The number of nitrogens with zero attached hydrogens (tertiary/aromatic N) is 3. The monoisotopic (exact) mass is 457 g/mol. The summed E-state index contributed by atoms with van der Waals surface area (Å²) in [4.78, 5) is 20.4. The van der Waals surface area contributed by atoms with Crippen LogP contribution >= 0.6 is 0 Å². The van der Waals surface area contributed by atoms with Gasteiger partial charge in [-0.3, -0.25) is 9.78 Å². The SMILES string of the molecule is COCCCCn1cc([C@@H](C)N(C(=O)[C@H]2CCCCO2)C2CC2)c2nccc(CCOC)c21. The molecule has 2 aromatic heterocycles. The second-order valence-electron chi connectivity index (χ2n) is 9.40. The van der Waals surface area contributed by atoms with Gasteiger partial charge in [0, 0.05) is 58.0 Å². The molecule has 1 amide bonds. The molecule has 2 aliphatic rings. The number of hydrogen-bond acceptors (Lipinski definition) is 5. The van der Waals surface area contributed by atoms with Crippen molar-refractivity contribution in [3.63, 3.8) is 0 Å². The lowest BCUT2D eigenvalue weighted by molar-refractivity contribution is -0.149. The van der Waals surface area contributed by atoms with Crippen molar-refractivity contribution in [1.82, 2.24) is 14.5 Å². The van der Waals surface area contributed by atoms with Crippen LogP contribution in [-0.2, 0) is 32.0 Å². The number of pyridine rings is 1. The Labute approximate surface area is 197 Å². The van der Waals surface area contributed by atoms with E-state index in [-0.39, 0.29) is 18.1 Å². The van der Waals surface area contributed by atoms with Gasteiger partial charge in [0.25, 0.3) is 5.91 Å². The van der Waals surface area contributed by atoms with E-state index in [0.717, 1.165) is 75.6 Å². The van der Waals surface area contributed by atoms with Crippen LogP contribution in [-0.4, -0.2) is 66.5 Å². The third-order valence-corrected chi connectivity index (χ3v) is 6.95. The maximum atomic E-state index is 13.5. The zero-order chi connectivity index (χ0) is 23.2. The molecule has 2 aromatic rings. The Morgan fingerprint density at radius 1 is 1.21 bits per heavy atom. The smallest absolute Gasteiger partial charge is 0.252 e. The fourth-order valence-corrected chi connectivity index (χ4v) is 5.03. The van der Waals surface area contributed by atoms with E-state index in [0.29, 0.717) is 19.3 Å². The Morgan fingerprint density at radius 2 is 2.03 bits per heavy atom. The molecule has 1 aliphatic carbocycles. The molecule has 1 aliphatic heterocycles. The van der Waals surface area contributed by atoms with Crippen LogP contribution in [0, 0.1) is 0 Å². The number of aryl methyl sites for hydroxylation is 1. The molecule has 0 aromatic carbocycles. The number of unbranched alkanes of at least 4 members (excludes halogenated alkanes) is 1. The average molecular weight is 458 g/mol. The molecule has 4 rings (SSSR count). The van der Waals surface area contributed by atoms with Crippen LogP contribution in [0.3, 0.4) is 0 Å². The second-order valence-corrected chi connectivity index (χ2v) is 9.40. The van der Waals surface area contributed by atoms with Gasteiger partial charge in [-0.1, -0.05) is 0 Å². The number of carbonyl (C=O) groups is 1. The summed E-state index contributed by atoms with van der Waals surface area (Å²) < 4.78 is 18.8. The fourth-order valence-electron chi connectivity index (χ4n) is 5.03. The maximum absolute atomic E-state index is 13.5. The highest BCUT2D eigenvalue weighted by Gasteiger charge is 2.40. The van der Waals surface area contributed by atoms with E-state index in [2.05, 4.69) is 28.7 Å². The van der Waals surface area contributed by atoms with E-state index < -0.39 is 0 Å². The summed E-state index contributed by atoms with van der Waals surface area (Å²) in [6.07, 6.45) is 11.8. The number of ether oxygens (including phenoxy) is 3. The number of amides is 1. The van der Waals surface area contributed by atoms with Crippen molar-refractivity contribution >= 4 is 16.9 Å². The third-order valence-electron chi connectivity index (χ3n) is 6.95. The van der Waals surface area contributed by atoms with Crippen LogP contribution in [0.4, 0.5) is 0 Å². The molecule has 1 saturated heterocycles. The topological polar surface area (TPSA) is 65.8 Å². The Morgan fingerprint density at radius 3 is 2.73 bits per heavy atom. The highest BCUT2D eigenvalue weighted by Crippen LogP contribution is 2.39. The number of hydrogen-bond donors (Lipinski definition) is 0. The first-order chi connectivity index (χ1) is 16.2. The van der Waals surface area contributed by atoms with Gasteiger partial charge < -0.3 is 23.7 Å². The van der Waals surface area contributed by atoms with E-state index in [1.165, 1.54) is 11.1 Å². The van der Waals surface area contributed by atoms with Crippen molar-refractivity contribution in [2.45, 2.75) is 83.0 Å². The van der Waals surface area contributed by atoms with Gasteiger partial charge in [0.05, 0.1) is 23.7 Å². The summed E-state index contributed by atoms with van der Waals surface area (Å²) in [7, 11) is 3.49. The number of rotatable bonds is 12. The van der Waals surface area contributed by atoms with E-state index in [1.54, 1.807) is 14.2 Å². The lowest BCUT2D eigenvalue weighted by Crippen LogP contribution is -2.44. The summed E-state index contributed by atoms with van der Waals surface area (Å²) in [5, 5.41) is 0. The summed E-state index contributed by atoms with van der Waals surface area (Å²) in [5.74, 6) is 0.154. The molecule has 0 radical (unpaired) electrons. The van der Waals surface area contributed by atoms with Gasteiger partial charge in [-0.25, -0.2) is 0 Å². The van der Waals surface area contributed by atoms with E-state index >= 15 is 0 Å². The minimum Gasteiger partial charge on any atom is -0.385 e. The van der Waals surface area contributed by atoms with Crippen molar-refractivity contribution in [2.75, 3.05) is 34.0 Å². The maximum Gasteiger partial charge on any atom is 0.252 e. The Hall–Kier alpha value is -1.96. The molecule has 2 atom stereocenters. The largest absolute Gasteiger partial charge is 0.385 e. The molecule has 0 N–H and O–H groups in total. The Balaban J connectivity index is 1.66. The summed E-state index contributed by atoms with van der Waals surface area (Å²) in [6.45, 7) is 5.19. The van der Waals surface area contributed by atoms with Crippen LogP contribution in [0.2, 0.25) is 0 Å². The highest BCUT2D eigenvalue weighted by atomic mass is 16.5. The molecule has 2 fully saturated rings. The molecule has 3 heterocycles. The van der Waals surface area contributed by atoms with Crippen LogP contribution in [0.25, 0.3) is 11.0 Å². The number of methoxy groups -OCH3 is 2. The molecule has 7 nitrogen and oxygen atoms in total. The number of fused-ring (bicyclic) bond motifs is 1. The molecular weight excluding hydrogens is 418 g/mol. The quantitative estimate of drug-likeness (QED) is 0.445. The van der Waals surface area contributed by atoms with Gasteiger partial charge in [0.2, 0.25) is 0 Å². The van der Waals surface area contributed by atoms with Crippen molar-refractivity contribution in [1.29, 1.82) is 0 Å². The zero-order valence-electron chi connectivity index (χ0n) is 20.4. The molecule has 7 heteroatoms. The minimum absolute atomic E-state index is 0.0385. The van der Waals surface area contributed by atoms with Gasteiger partial charge in [0.1, 0.15) is 6.10 Å². The standard InChI is InChI=1S/C26H39N3O4/c1-19(29(21-9-10-21)26(30)23-8-4-6-16-33-23)22-18-28(14-5-7-15-31-2)25-20(12-17-32-3)11-13-27-24(22)25/h11,13,18-19,21,23H,4-10,12,14-17H2,1-3H3/t19-,23-/m1/s1. The third kappa shape index (κ3) is 5.58. The lowest BCUT2D eigenvalue weighted by atomic mass is 10.0. The molecule has 0 spiro atoms. The highest BCUT2D eigenvalue weighted by molar-refractivity contribution is 5.86. The first-order valence-corrected chi connectivity index (χ1v) is 12.5. The lowest BCUT2D eigenvalue weighted by Gasteiger charge is -2.33. The van der Waals surface area contributed by atoms with Gasteiger partial charge in [-0.05, 0) is 69.9 Å². The Bertz CT molecular complexity index is 918. The molecule has 0 unspecified atom stereocenters. The molecule has 0 bridgehead atoms. The predicted octanol–water partition coefficient (Wildman–Crippen LogP) is 4.27. The predicted molar refractivity (Wildman–Crippen MR) is 128 cm³/mol. The normalized spacial score (nSPS) is 19.7. The van der Waals surface area contributed by atoms with Crippen LogP contribution in [0.5, 0.6) is 0 Å². The van der Waals surface area contributed by atoms with E-state index in [9.17, 15) is 4.79 Å². The van der Waals surface area contributed by atoms with E-state index in [4.69, 9.17) is 19.2 Å². The van der Waals surface area contributed by atoms with Crippen molar-refractivity contribution < 1.29 is 19.0 Å². The zero-order valence-corrected chi connectivity index (χ0v) is 20.4. The van der Waals surface area contributed by atoms with Crippen molar-refractivity contribution in [3.8, 4) is 0 Å². The second kappa shape index (κ2) is 11.4. The minimum atomic E-state index is -0.297. The van der Waals surface area contributed by atoms with Crippen molar-refractivity contribution in [3.05, 3.63) is 29.6 Å². The van der Waals surface area contributed by atoms with Gasteiger partial charge in [0.15, 0.2) is 0 Å². The molecule has 1 saturated carbocycles. The summed E-state index contributed by atoms with van der Waals surface area (Å²) >= 11 is 0. The number of aromatic nitrogens is 2. The molecule has 182 valence electrons. The van der Waals surface area contributed by atoms with Crippen LogP contribution in [0.1, 0.15) is 69.0 Å². The van der Waals surface area contributed by atoms with E-state index in [1.807, 2.05) is 6.20 Å². The average Bonchev–Trinajstić information content (AvgIpc) is 3.61. The van der Waals surface area contributed by atoms with Crippen LogP contribution in [0.15, 0.2) is 18.5 Å². The first-order valence-electron chi connectivity index (χ1n) is 12.5. The summed E-state index contributed by atoms with van der Waals surface area (Å²) in [6, 6.07) is 2.37. The molecular formula is C26H39N3O4. The Kier molecular flexibility index (Phi) is 8.39. The van der Waals surface area contributed by atoms with Crippen LogP contribution < -0.4 is 0 Å². The van der Waals surface area contributed by atoms with Gasteiger partial charge in [-0.2, -0.15) is 0 Å².